The second-order valence-electron chi connectivity index (χ2n) is 5.00. The standard InChI is InChI=1S/C11H20N2O2S2/c1-8-7-16-11(13-9(8)2)12-6-10-4-3-5-17(10,14)15/h8-10H,3-7H2,1-2H3,(H,12,13). The molecule has 1 N–H and O–H groups in total. The number of nitrogens with one attached hydrogen (secondary N) is 1. The molecular weight excluding hydrogens is 256 g/mol. The molecule has 2 aliphatic rings. The highest BCUT2D eigenvalue weighted by atomic mass is 32.2. The van der Waals surface area contributed by atoms with E-state index in [1.165, 1.54) is 0 Å². The molecule has 2 rings (SSSR count). The summed E-state index contributed by atoms with van der Waals surface area (Å²) in [6.45, 7) is 4.79. The molecule has 6 heteroatoms. The third-order valence-corrected chi connectivity index (χ3v) is 7.06. The van der Waals surface area contributed by atoms with Crippen LogP contribution in [0.4, 0.5) is 0 Å². The molecule has 4 nitrogen and oxygen atoms in total. The molecule has 0 saturated carbocycles. The summed E-state index contributed by atoms with van der Waals surface area (Å²) in [6.07, 6.45) is 1.57. The van der Waals surface area contributed by atoms with Crippen molar-refractivity contribution in [1.82, 2.24) is 5.32 Å². The van der Waals surface area contributed by atoms with Crippen LogP contribution in [0.15, 0.2) is 4.99 Å². The van der Waals surface area contributed by atoms with Gasteiger partial charge in [0.15, 0.2) is 15.0 Å². The van der Waals surface area contributed by atoms with E-state index in [-0.39, 0.29) is 5.25 Å². The van der Waals surface area contributed by atoms with Crippen molar-refractivity contribution in [2.24, 2.45) is 10.9 Å². The van der Waals surface area contributed by atoms with E-state index >= 15 is 0 Å². The molecule has 0 aromatic rings. The van der Waals surface area contributed by atoms with Crippen LogP contribution in [0, 0.1) is 5.92 Å². The van der Waals surface area contributed by atoms with Crippen LogP contribution in [0.5, 0.6) is 0 Å². The van der Waals surface area contributed by atoms with Crippen molar-refractivity contribution in [1.29, 1.82) is 0 Å². The van der Waals surface area contributed by atoms with E-state index in [0.717, 1.165) is 23.8 Å². The third kappa shape index (κ3) is 3.16. The Bertz CT molecular complexity index is 406. The van der Waals surface area contributed by atoms with Gasteiger partial charge in [0.1, 0.15) is 0 Å². The summed E-state index contributed by atoms with van der Waals surface area (Å²) in [5.41, 5.74) is 0. The van der Waals surface area contributed by atoms with Crippen molar-refractivity contribution < 1.29 is 8.42 Å². The van der Waals surface area contributed by atoms with E-state index in [1.807, 2.05) is 0 Å². The Hall–Kier alpha value is -0.230. The second kappa shape index (κ2) is 5.18. The molecule has 2 aliphatic heterocycles. The summed E-state index contributed by atoms with van der Waals surface area (Å²) >= 11 is 1.70. The Balaban J connectivity index is 1.93. The number of aliphatic imine (C=N–C) groups is 1. The first-order chi connectivity index (χ1) is 7.99. The van der Waals surface area contributed by atoms with Crippen LogP contribution in [0.1, 0.15) is 26.7 Å². The summed E-state index contributed by atoms with van der Waals surface area (Å²) in [5.74, 6) is 2.04. The van der Waals surface area contributed by atoms with Crippen LogP contribution in [-0.4, -0.2) is 42.9 Å². The SMILES string of the molecule is CC1CSC(=NCC2CCCS2(=O)=O)NC1C. The highest BCUT2D eigenvalue weighted by molar-refractivity contribution is 8.13. The van der Waals surface area contributed by atoms with Gasteiger partial charge in [-0.15, -0.1) is 0 Å². The number of sulfone groups is 1. The minimum atomic E-state index is -2.86. The molecule has 0 aromatic heterocycles. The number of hydrogen-bond donors (Lipinski definition) is 1. The Kier molecular flexibility index (Phi) is 4.02. The first-order valence-corrected chi connectivity index (χ1v) is 8.84. The first kappa shape index (κ1) is 13.2. The number of thioether (sulfide) groups is 1. The summed E-state index contributed by atoms with van der Waals surface area (Å²) in [7, 11) is -2.86. The minimum Gasteiger partial charge on any atom is -0.362 e. The van der Waals surface area contributed by atoms with Crippen molar-refractivity contribution in [3.8, 4) is 0 Å². The average molecular weight is 276 g/mol. The number of rotatable bonds is 2. The van der Waals surface area contributed by atoms with Crippen LogP contribution in [-0.2, 0) is 9.84 Å². The van der Waals surface area contributed by atoms with Crippen LogP contribution in [0.2, 0.25) is 0 Å². The molecule has 3 atom stereocenters. The Morgan fingerprint density at radius 1 is 1.47 bits per heavy atom. The average Bonchev–Trinajstić information content (AvgIpc) is 2.60. The predicted octanol–water partition coefficient (Wildman–Crippen LogP) is 1.28. The minimum absolute atomic E-state index is 0.243. The Morgan fingerprint density at radius 3 is 2.82 bits per heavy atom. The van der Waals surface area contributed by atoms with Crippen molar-refractivity contribution in [2.45, 2.75) is 38.0 Å². The molecule has 3 unspecified atom stereocenters. The van der Waals surface area contributed by atoms with E-state index in [1.54, 1.807) is 11.8 Å². The molecule has 0 aromatic carbocycles. The first-order valence-electron chi connectivity index (χ1n) is 6.14. The van der Waals surface area contributed by atoms with E-state index in [4.69, 9.17) is 0 Å². The van der Waals surface area contributed by atoms with Gasteiger partial charge in [0.2, 0.25) is 0 Å². The van der Waals surface area contributed by atoms with Crippen LogP contribution >= 0.6 is 11.8 Å². The van der Waals surface area contributed by atoms with Gasteiger partial charge in [-0.1, -0.05) is 18.7 Å². The van der Waals surface area contributed by atoms with Gasteiger partial charge < -0.3 is 5.32 Å². The van der Waals surface area contributed by atoms with E-state index in [2.05, 4.69) is 24.2 Å². The van der Waals surface area contributed by atoms with Gasteiger partial charge in [-0.3, -0.25) is 4.99 Å². The normalized spacial score (nSPS) is 39.2. The summed E-state index contributed by atoms with van der Waals surface area (Å²) in [5, 5.41) is 4.01. The van der Waals surface area contributed by atoms with Crippen molar-refractivity contribution >= 4 is 26.8 Å². The maximum Gasteiger partial charge on any atom is 0.156 e. The van der Waals surface area contributed by atoms with Crippen molar-refractivity contribution in [2.75, 3.05) is 18.1 Å². The van der Waals surface area contributed by atoms with Crippen LogP contribution in [0.3, 0.4) is 0 Å². The lowest BCUT2D eigenvalue weighted by Gasteiger charge is -2.28. The van der Waals surface area contributed by atoms with Crippen molar-refractivity contribution in [3.05, 3.63) is 0 Å². The lowest BCUT2D eigenvalue weighted by Crippen LogP contribution is -2.41. The maximum absolute atomic E-state index is 11.7. The van der Waals surface area contributed by atoms with Gasteiger partial charge in [0.25, 0.3) is 0 Å². The largest absolute Gasteiger partial charge is 0.362 e. The van der Waals surface area contributed by atoms with Crippen LogP contribution in [0.25, 0.3) is 0 Å². The third-order valence-electron chi connectivity index (χ3n) is 3.59. The lowest BCUT2D eigenvalue weighted by molar-refractivity contribution is 0.489. The van der Waals surface area contributed by atoms with Crippen LogP contribution < -0.4 is 5.32 Å². The zero-order chi connectivity index (χ0) is 12.5. The van der Waals surface area contributed by atoms with Gasteiger partial charge >= 0.3 is 0 Å². The topological polar surface area (TPSA) is 58.5 Å². The van der Waals surface area contributed by atoms with Gasteiger partial charge in [-0.05, 0) is 25.7 Å². The summed E-state index contributed by atoms with van der Waals surface area (Å²) in [4.78, 5) is 4.44. The lowest BCUT2D eigenvalue weighted by atomic mass is 10.1. The highest BCUT2D eigenvalue weighted by Crippen LogP contribution is 2.22. The fraction of sp³-hybridized carbons (Fsp3) is 0.909. The molecule has 0 aliphatic carbocycles. The van der Waals surface area contributed by atoms with Gasteiger partial charge in [0, 0.05) is 11.8 Å². The van der Waals surface area contributed by atoms with Crippen molar-refractivity contribution in [3.63, 3.8) is 0 Å². The summed E-state index contributed by atoms with van der Waals surface area (Å²) < 4.78 is 23.3. The monoisotopic (exact) mass is 276 g/mol. The molecule has 0 amide bonds. The smallest absolute Gasteiger partial charge is 0.156 e. The predicted molar refractivity (Wildman–Crippen MR) is 73.3 cm³/mol. The fourth-order valence-corrected chi connectivity index (χ4v) is 4.95. The number of amidine groups is 1. The zero-order valence-corrected chi connectivity index (χ0v) is 12.0. The highest BCUT2D eigenvalue weighted by Gasteiger charge is 2.31. The van der Waals surface area contributed by atoms with E-state index in [0.29, 0.717) is 24.3 Å². The van der Waals surface area contributed by atoms with E-state index in [9.17, 15) is 8.42 Å². The molecule has 2 fully saturated rings. The molecule has 0 spiro atoms. The van der Waals surface area contributed by atoms with E-state index < -0.39 is 9.84 Å². The molecule has 17 heavy (non-hydrogen) atoms. The quantitative estimate of drug-likeness (QED) is 0.825. The number of hydrogen-bond acceptors (Lipinski definition) is 4. The Labute approximate surface area is 108 Å². The van der Waals surface area contributed by atoms with Gasteiger partial charge in [-0.25, -0.2) is 8.42 Å². The second-order valence-corrected chi connectivity index (χ2v) is 8.41. The number of nitrogens with zero attached hydrogens (tertiary/aromatic N) is 1. The maximum atomic E-state index is 11.7. The molecule has 98 valence electrons. The summed E-state index contributed by atoms with van der Waals surface area (Å²) in [6, 6.07) is 0.426. The zero-order valence-electron chi connectivity index (χ0n) is 10.3. The Morgan fingerprint density at radius 2 is 2.24 bits per heavy atom. The molecule has 2 saturated heterocycles. The van der Waals surface area contributed by atoms with Gasteiger partial charge in [-0.2, -0.15) is 0 Å². The molecular formula is C11H20N2O2S2. The molecule has 0 bridgehead atoms. The molecule has 2 heterocycles. The molecule has 0 radical (unpaired) electrons. The fourth-order valence-electron chi connectivity index (χ4n) is 2.07. The van der Waals surface area contributed by atoms with Gasteiger partial charge in [0.05, 0.1) is 17.5 Å².